The fraction of sp³-hybridized carbons (Fsp3) is 0.750. The van der Waals surface area contributed by atoms with Crippen molar-refractivity contribution in [2.75, 3.05) is 6.54 Å². The van der Waals surface area contributed by atoms with Crippen LogP contribution in [0.1, 0.15) is 26.2 Å². The van der Waals surface area contributed by atoms with Crippen molar-refractivity contribution in [2.24, 2.45) is 0 Å². The van der Waals surface area contributed by atoms with E-state index >= 15 is 0 Å². The molecule has 0 radical (unpaired) electrons. The van der Waals surface area contributed by atoms with Gasteiger partial charge in [0, 0.05) is 6.54 Å². The van der Waals surface area contributed by atoms with Crippen LogP contribution in [0.15, 0.2) is 0 Å². The molecule has 0 aliphatic carbocycles. The molecule has 1 saturated heterocycles. The van der Waals surface area contributed by atoms with Gasteiger partial charge in [-0.2, -0.15) is 0 Å². The Morgan fingerprint density at radius 2 is 2.46 bits per heavy atom. The van der Waals surface area contributed by atoms with Crippen molar-refractivity contribution >= 4 is 11.8 Å². The Labute approximate surface area is 77.2 Å². The molecule has 1 rings (SSSR count). The smallest absolute Gasteiger partial charge is 0.239 e. The van der Waals surface area contributed by atoms with Gasteiger partial charge in [0.2, 0.25) is 11.8 Å². The van der Waals surface area contributed by atoms with E-state index in [9.17, 15) is 9.59 Å². The predicted octanol–water partition coefficient (Wildman–Crippen LogP) is -0.704. The minimum atomic E-state index is -0.399. The van der Waals surface area contributed by atoms with Crippen molar-refractivity contribution in [3.8, 4) is 0 Å². The molecule has 0 aromatic carbocycles. The largest absolute Gasteiger partial charge is 0.355 e. The number of rotatable bonds is 4. The summed E-state index contributed by atoms with van der Waals surface area (Å²) in [5, 5.41) is 2.75. The molecule has 1 fully saturated rings. The zero-order chi connectivity index (χ0) is 9.68. The first kappa shape index (κ1) is 9.98. The van der Waals surface area contributed by atoms with Gasteiger partial charge in [-0.25, -0.2) is 5.43 Å². The molecule has 1 heterocycles. The van der Waals surface area contributed by atoms with Gasteiger partial charge >= 0.3 is 0 Å². The highest BCUT2D eigenvalue weighted by atomic mass is 16.2. The van der Waals surface area contributed by atoms with Gasteiger partial charge in [-0.3, -0.25) is 15.0 Å². The van der Waals surface area contributed by atoms with Crippen LogP contribution in [0.5, 0.6) is 0 Å². The van der Waals surface area contributed by atoms with Crippen LogP contribution in [-0.4, -0.2) is 24.4 Å². The third-order valence-electron chi connectivity index (χ3n) is 1.92. The highest BCUT2D eigenvalue weighted by Gasteiger charge is 2.26. The normalized spacial score (nSPS) is 21.3. The van der Waals surface area contributed by atoms with Gasteiger partial charge in [0.25, 0.3) is 0 Å². The molecule has 1 unspecified atom stereocenters. The summed E-state index contributed by atoms with van der Waals surface area (Å²) in [5.74, 6) is -0.234. The van der Waals surface area contributed by atoms with Gasteiger partial charge in [-0.1, -0.05) is 13.3 Å². The molecule has 5 heteroatoms. The third-order valence-corrected chi connectivity index (χ3v) is 1.92. The van der Waals surface area contributed by atoms with E-state index in [-0.39, 0.29) is 18.2 Å². The first-order valence-corrected chi connectivity index (χ1v) is 4.56. The van der Waals surface area contributed by atoms with Crippen molar-refractivity contribution in [3.63, 3.8) is 0 Å². The number of carbonyl (C=O) groups excluding carboxylic acids is 2. The second kappa shape index (κ2) is 4.81. The summed E-state index contributed by atoms with van der Waals surface area (Å²) in [5.41, 5.74) is 5.01. The van der Waals surface area contributed by atoms with Crippen LogP contribution in [0.2, 0.25) is 0 Å². The maximum absolute atomic E-state index is 11.3. The number of nitrogens with one attached hydrogen (secondary N) is 3. The SMILES string of the molecule is CCCCNC(=O)C1CC(=O)NN1. The third kappa shape index (κ3) is 3.02. The lowest BCUT2D eigenvalue weighted by Crippen LogP contribution is -2.43. The zero-order valence-corrected chi connectivity index (χ0v) is 7.72. The van der Waals surface area contributed by atoms with Gasteiger partial charge in [-0.15, -0.1) is 0 Å². The van der Waals surface area contributed by atoms with E-state index in [0.29, 0.717) is 6.54 Å². The molecule has 0 bridgehead atoms. The molecule has 1 atom stereocenters. The lowest BCUT2D eigenvalue weighted by Gasteiger charge is -2.08. The Bertz CT molecular complexity index is 206. The van der Waals surface area contributed by atoms with Crippen LogP contribution < -0.4 is 16.2 Å². The molecule has 74 valence electrons. The molecular weight excluding hydrogens is 170 g/mol. The Hall–Kier alpha value is -1.10. The van der Waals surface area contributed by atoms with E-state index in [0.717, 1.165) is 12.8 Å². The summed E-state index contributed by atoms with van der Waals surface area (Å²) in [7, 11) is 0. The highest BCUT2D eigenvalue weighted by molar-refractivity contribution is 5.90. The minimum Gasteiger partial charge on any atom is -0.355 e. The van der Waals surface area contributed by atoms with Crippen molar-refractivity contribution in [1.82, 2.24) is 16.2 Å². The lowest BCUT2D eigenvalue weighted by molar-refractivity contribution is -0.124. The van der Waals surface area contributed by atoms with E-state index in [4.69, 9.17) is 0 Å². The molecule has 13 heavy (non-hydrogen) atoms. The maximum Gasteiger partial charge on any atom is 0.239 e. The van der Waals surface area contributed by atoms with E-state index in [1.807, 2.05) is 0 Å². The van der Waals surface area contributed by atoms with Gasteiger partial charge in [0.1, 0.15) is 6.04 Å². The van der Waals surface area contributed by atoms with Crippen LogP contribution in [0.4, 0.5) is 0 Å². The average Bonchev–Trinajstić information content (AvgIpc) is 2.52. The number of hydrazine groups is 1. The van der Waals surface area contributed by atoms with Crippen LogP contribution in [0, 0.1) is 0 Å². The number of carbonyl (C=O) groups is 2. The molecule has 0 aromatic rings. The van der Waals surface area contributed by atoms with Gasteiger partial charge in [0.05, 0.1) is 6.42 Å². The molecule has 0 saturated carbocycles. The van der Waals surface area contributed by atoms with Crippen molar-refractivity contribution in [1.29, 1.82) is 0 Å². The van der Waals surface area contributed by atoms with Crippen LogP contribution >= 0.6 is 0 Å². The molecule has 0 aromatic heterocycles. The molecule has 2 amide bonds. The predicted molar refractivity (Wildman–Crippen MR) is 47.6 cm³/mol. The summed E-state index contributed by atoms with van der Waals surface area (Å²) in [6, 6.07) is -0.399. The van der Waals surface area contributed by atoms with Crippen molar-refractivity contribution < 1.29 is 9.59 Å². The Morgan fingerprint density at radius 3 is 3.00 bits per heavy atom. The Morgan fingerprint density at radius 1 is 1.69 bits per heavy atom. The van der Waals surface area contributed by atoms with E-state index in [1.54, 1.807) is 0 Å². The fourth-order valence-electron chi connectivity index (χ4n) is 1.12. The molecule has 0 spiro atoms. The molecular formula is C8H15N3O2. The number of hydrogen-bond acceptors (Lipinski definition) is 3. The summed E-state index contributed by atoms with van der Waals surface area (Å²) in [6.45, 7) is 2.74. The average molecular weight is 185 g/mol. The summed E-state index contributed by atoms with van der Waals surface area (Å²) in [6.07, 6.45) is 2.26. The number of unbranched alkanes of at least 4 members (excludes halogenated alkanes) is 1. The second-order valence-electron chi connectivity index (χ2n) is 3.09. The zero-order valence-electron chi connectivity index (χ0n) is 7.72. The fourth-order valence-corrected chi connectivity index (χ4v) is 1.12. The Balaban J connectivity index is 2.20. The van der Waals surface area contributed by atoms with Crippen LogP contribution in [0.3, 0.4) is 0 Å². The number of hydrogen-bond donors (Lipinski definition) is 3. The van der Waals surface area contributed by atoms with E-state index in [2.05, 4.69) is 23.1 Å². The van der Waals surface area contributed by atoms with E-state index in [1.165, 1.54) is 0 Å². The molecule has 3 N–H and O–H groups in total. The van der Waals surface area contributed by atoms with Crippen LogP contribution in [-0.2, 0) is 9.59 Å². The first-order chi connectivity index (χ1) is 6.24. The van der Waals surface area contributed by atoms with E-state index < -0.39 is 6.04 Å². The second-order valence-corrected chi connectivity index (χ2v) is 3.09. The molecule has 5 nitrogen and oxygen atoms in total. The highest BCUT2D eigenvalue weighted by Crippen LogP contribution is 1.97. The van der Waals surface area contributed by atoms with Crippen molar-refractivity contribution in [3.05, 3.63) is 0 Å². The van der Waals surface area contributed by atoms with Crippen LogP contribution in [0.25, 0.3) is 0 Å². The summed E-state index contributed by atoms with van der Waals surface area (Å²) >= 11 is 0. The van der Waals surface area contributed by atoms with Gasteiger partial charge in [-0.05, 0) is 6.42 Å². The standard InChI is InChI=1S/C8H15N3O2/c1-2-3-4-9-8(13)6-5-7(12)11-10-6/h6,10H,2-5H2,1H3,(H,9,13)(H,11,12). The van der Waals surface area contributed by atoms with Gasteiger partial charge in [0.15, 0.2) is 0 Å². The maximum atomic E-state index is 11.3. The molecule has 1 aliphatic heterocycles. The van der Waals surface area contributed by atoms with Crippen molar-refractivity contribution in [2.45, 2.75) is 32.2 Å². The summed E-state index contributed by atoms with van der Waals surface area (Å²) < 4.78 is 0. The quantitative estimate of drug-likeness (QED) is 0.507. The number of amides is 2. The minimum absolute atomic E-state index is 0.105. The topological polar surface area (TPSA) is 70.2 Å². The summed E-state index contributed by atoms with van der Waals surface area (Å²) in [4.78, 5) is 22.0. The first-order valence-electron chi connectivity index (χ1n) is 4.56. The monoisotopic (exact) mass is 185 g/mol. The molecule has 1 aliphatic rings. The van der Waals surface area contributed by atoms with Gasteiger partial charge < -0.3 is 5.32 Å². The Kier molecular flexibility index (Phi) is 3.70. The lowest BCUT2D eigenvalue weighted by atomic mass is 10.2.